The molecule has 3 aromatic rings. The summed E-state index contributed by atoms with van der Waals surface area (Å²) in [5, 5.41) is 20.4. The van der Waals surface area contributed by atoms with Gasteiger partial charge in [-0.1, -0.05) is 86.6 Å². The molecule has 6 amide bonds. The maximum absolute atomic E-state index is 14.0. The maximum Gasteiger partial charge on any atom is 0.410 e. The molecule has 6 N–H and O–H groups in total. The molecule has 1 heterocycles. The summed E-state index contributed by atoms with van der Waals surface area (Å²) in [6.07, 6.45) is -0.221. The molecule has 59 heavy (non-hydrogen) atoms. The molecule has 0 aromatic heterocycles. The van der Waals surface area contributed by atoms with Crippen molar-refractivity contribution in [3.05, 3.63) is 102 Å². The van der Waals surface area contributed by atoms with Gasteiger partial charge in [0.25, 0.3) is 0 Å². The summed E-state index contributed by atoms with van der Waals surface area (Å²) >= 11 is 0. The van der Waals surface area contributed by atoms with Crippen molar-refractivity contribution in [1.82, 2.24) is 31.6 Å². The molecule has 0 aliphatic carbocycles. The van der Waals surface area contributed by atoms with Crippen LogP contribution in [0.5, 0.6) is 5.75 Å². The van der Waals surface area contributed by atoms with Crippen LogP contribution in [-0.2, 0) is 41.7 Å². The number of nitrogens with zero attached hydrogens (tertiary/aromatic N) is 1. The monoisotopic (exact) mass is 814 g/mol. The highest BCUT2D eigenvalue weighted by atomic mass is 16.6. The first-order chi connectivity index (χ1) is 28.0. The lowest BCUT2D eigenvalue weighted by Crippen LogP contribution is -2.59. The fourth-order valence-corrected chi connectivity index (χ4v) is 6.58. The molecule has 0 unspecified atom stereocenters. The van der Waals surface area contributed by atoms with Crippen LogP contribution in [0.4, 0.5) is 4.79 Å². The highest BCUT2D eigenvalue weighted by molar-refractivity contribution is 5.97. The zero-order valence-electron chi connectivity index (χ0n) is 34.7. The van der Waals surface area contributed by atoms with Gasteiger partial charge in [0.1, 0.15) is 42.1 Å². The van der Waals surface area contributed by atoms with E-state index < -0.39 is 77.9 Å². The molecular formula is C44H58N6O9. The Morgan fingerprint density at radius 1 is 0.746 bits per heavy atom. The van der Waals surface area contributed by atoms with Gasteiger partial charge in [-0.25, -0.2) is 10.3 Å². The molecule has 4 rings (SSSR count). The van der Waals surface area contributed by atoms with Gasteiger partial charge in [-0.05, 0) is 81.7 Å². The molecule has 1 saturated heterocycles. The van der Waals surface area contributed by atoms with Crippen molar-refractivity contribution in [3.63, 3.8) is 0 Å². The summed E-state index contributed by atoms with van der Waals surface area (Å²) < 4.78 is 11.4. The number of hydroxylamine groups is 1. The standard InChI is InChI=1S/C44H58N6O9/c1-28(2)24-34(48-42(55)37-18-13-23-50(37)43(56)59-44(4,5)6)40(53)47-36(26-38(51)49-57)41(54)46-35(39(52)45-29(3)32-16-11-8-12-17-32)25-30-19-21-33(22-20-30)58-27-31-14-9-7-10-15-31/h7-12,14-17,19-22,28-29,34-37,57H,13,18,23-27H2,1-6H3,(H,45,52)(H,46,54)(H,47,53)(H,48,55)(H,49,51)/t29-,34+,35+,36+,37+/m1/s1. The highest BCUT2D eigenvalue weighted by Gasteiger charge is 2.39. The van der Waals surface area contributed by atoms with Crippen LogP contribution < -0.4 is 31.5 Å². The van der Waals surface area contributed by atoms with Crippen LogP contribution in [0.2, 0.25) is 0 Å². The smallest absolute Gasteiger partial charge is 0.410 e. The SMILES string of the molecule is CC(C)C[C@H](NC(=O)[C@@H]1CCCN1C(=O)OC(C)(C)C)C(=O)N[C@@H](CC(=O)NO)C(=O)N[C@@H](Cc1ccc(OCc2ccccc2)cc1)C(=O)N[C@H](C)c1ccccc1. The summed E-state index contributed by atoms with van der Waals surface area (Å²) in [4.78, 5) is 82.2. The number of benzene rings is 3. The Morgan fingerprint density at radius 2 is 1.34 bits per heavy atom. The molecule has 1 aliphatic heterocycles. The second kappa shape index (κ2) is 21.7. The van der Waals surface area contributed by atoms with E-state index in [0.717, 1.165) is 11.1 Å². The molecule has 1 aliphatic rings. The van der Waals surface area contributed by atoms with Crippen LogP contribution >= 0.6 is 0 Å². The summed E-state index contributed by atoms with van der Waals surface area (Å²) in [5.41, 5.74) is 3.23. The van der Waals surface area contributed by atoms with Crippen molar-refractivity contribution in [2.75, 3.05) is 6.54 Å². The van der Waals surface area contributed by atoms with Gasteiger partial charge in [-0.2, -0.15) is 0 Å². The number of likely N-dealkylation sites (tertiary alicyclic amines) is 1. The van der Waals surface area contributed by atoms with E-state index in [-0.39, 0.29) is 18.8 Å². The number of rotatable bonds is 18. The van der Waals surface area contributed by atoms with Gasteiger partial charge in [-0.15, -0.1) is 0 Å². The molecular weight excluding hydrogens is 757 g/mol. The second-order valence-electron chi connectivity index (χ2n) is 16.1. The Balaban J connectivity index is 1.52. The van der Waals surface area contributed by atoms with Gasteiger partial charge in [-0.3, -0.25) is 34.1 Å². The van der Waals surface area contributed by atoms with Crippen molar-refractivity contribution in [2.45, 2.75) is 116 Å². The number of hydrogen-bond donors (Lipinski definition) is 6. The van der Waals surface area contributed by atoms with E-state index >= 15 is 0 Å². The summed E-state index contributed by atoms with van der Waals surface area (Å²) in [6, 6.07) is 20.8. The van der Waals surface area contributed by atoms with Crippen LogP contribution in [0.25, 0.3) is 0 Å². The summed E-state index contributed by atoms with van der Waals surface area (Å²) in [5.74, 6) is -3.20. The molecule has 0 spiro atoms. The van der Waals surface area contributed by atoms with Crippen LogP contribution in [0.1, 0.15) is 90.0 Å². The molecule has 3 aromatic carbocycles. The Morgan fingerprint density at radius 3 is 1.95 bits per heavy atom. The summed E-state index contributed by atoms with van der Waals surface area (Å²) in [7, 11) is 0. The van der Waals surface area contributed by atoms with E-state index in [1.54, 1.807) is 52.0 Å². The van der Waals surface area contributed by atoms with Gasteiger partial charge >= 0.3 is 6.09 Å². The van der Waals surface area contributed by atoms with Crippen LogP contribution in [0, 0.1) is 5.92 Å². The van der Waals surface area contributed by atoms with Gasteiger partial charge in [0, 0.05) is 13.0 Å². The van der Waals surface area contributed by atoms with E-state index in [2.05, 4.69) is 21.3 Å². The van der Waals surface area contributed by atoms with E-state index in [1.807, 2.05) is 74.5 Å². The predicted octanol–water partition coefficient (Wildman–Crippen LogP) is 4.48. The molecule has 15 heteroatoms. The molecule has 15 nitrogen and oxygen atoms in total. The second-order valence-corrected chi connectivity index (χ2v) is 16.1. The first kappa shape index (κ1) is 45.7. The Kier molecular flexibility index (Phi) is 16.8. The number of carbonyl (C=O) groups is 6. The molecule has 0 saturated carbocycles. The zero-order chi connectivity index (χ0) is 43.1. The Hall–Kier alpha value is -5.96. The quantitative estimate of drug-likeness (QED) is 0.0791. The third kappa shape index (κ3) is 14.7. The van der Waals surface area contributed by atoms with Gasteiger partial charge in [0.15, 0.2) is 0 Å². The fourth-order valence-electron chi connectivity index (χ4n) is 6.58. The number of nitrogens with one attached hydrogen (secondary N) is 5. The van der Waals surface area contributed by atoms with E-state index in [0.29, 0.717) is 37.3 Å². The lowest BCUT2D eigenvalue weighted by atomic mass is 10.0. The average Bonchev–Trinajstić information content (AvgIpc) is 3.70. The number of amides is 6. The number of carbonyl (C=O) groups excluding carboxylic acids is 6. The molecule has 0 radical (unpaired) electrons. The van der Waals surface area contributed by atoms with Crippen molar-refractivity contribution in [3.8, 4) is 5.75 Å². The molecule has 0 bridgehead atoms. The lowest BCUT2D eigenvalue weighted by molar-refractivity contribution is -0.137. The van der Waals surface area contributed by atoms with Crippen LogP contribution in [0.3, 0.4) is 0 Å². The zero-order valence-corrected chi connectivity index (χ0v) is 34.7. The van der Waals surface area contributed by atoms with Gasteiger partial charge in [0.2, 0.25) is 29.5 Å². The minimum absolute atomic E-state index is 0.0342. The third-order valence-corrected chi connectivity index (χ3v) is 9.57. The van der Waals surface area contributed by atoms with Gasteiger partial charge in [0.05, 0.1) is 12.5 Å². The third-order valence-electron chi connectivity index (χ3n) is 9.57. The average molecular weight is 815 g/mol. The number of ether oxygens (including phenoxy) is 2. The fraction of sp³-hybridized carbons (Fsp3) is 0.455. The van der Waals surface area contributed by atoms with Crippen molar-refractivity contribution in [1.29, 1.82) is 0 Å². The van der Waals surface area contributed by atoms with E-state index in [4.69, 9.17) is 9.47 Å². The predicted molar refractivity (Wildman–Crippen MR) is 220 cm³/mol. The Bertz CT molecular complexity index is 1870. The minimum atomic E-state index is -1.57. The highest BCUT2D eigenvalue weighted by Crippen LogP contribution is 2.22. The lowest BCUT2D eigenvalue weighted by Gasteiger charge is -2.30. The normalized spacial score (nSPS) is 15.9. The van der Waals surface area contributed by atoms with E-state index in [9.17, 15) is 34.0 Å². The van der Waals surface area contributed by atoms with Crippen LogP contribution in [0.15, 0.2) is 84.9 Å². The molecule has 318 valence electrons. The van der Waals surface area contributed by atoms with E-state index in [1.165, 1.54) is 10.4 Å². The van der Waals surface area contributed by atoms with Gasteiger partial charge < -0.3 is 30.7 Å². The van der Waals surface area contributed by atoms with Crippen molar-refractivity contribution >= 4 is 35.6 Å². The first-order valence-corrected chi connectivity index (χ1v) is 20.0. The topological polar surface area (TPSA) is 204 Å². The maximum atomic E-state index is 14.0. The van der Waals surface area contributed by atoms with Crippen LogP contribution in [-0.4, -0.2) is 82.0 Å². The number of hydrogen-bond acceptors (Lipinski definition) is 9. The molecule has 1 fully saturated rings. The Labute approximate surface area is 345 Å². The van der Waals surface area contributed by atoms with Crippen molar-refractivity contribution in [2.24, 2.45) is 5.92 Å². The summed E-state index contributed by atoms with van der Waals surface area (Å²) in [6.45, 7) is 11.3. The molecule has 5 atom stereocenters. The first-order valence-electron chi connectivity index (χ1n) is 20.0. The minimum Gasteiger partial charge on any atom is -0.489 e. The van der Waals surface area contributed by atoms with Crippen molar-refractivity contribution < 1.29 is 43.4 Å². The largest absolute Gasteiger partial charge is 0.489 e.